The number of nitrogens with zero attached hydrogens (tertiary/aromatic N) is 1. The van der Waals surface area contributed by atoms with Crippen molar-refractivity contribution in [3.8, 4) is 5.75 Å². The summed E-state index contributed by atoms with van der Waals surface area (Å²) in [6.45, 7) is 1.77. The summed E-state index contributed by atoms with van der Waals surface area (Å²) in [5.74, 6) is -0.412. The SMILES string of the molecule is Cc1nc2cc(OC(F)(F)F)c(N)cc2s1. The first-order valence-corrected chi connectivity index (χ1v) is 5.09. The van der Waals surface area contributed by atoms with Crippen LogP contribution in [0.3, 0.4) is 0 Å². The van der Waals surface area contributed by atoms with Crippen molar-refractivity contribution in [3.63, 3.8) is 0 Å². The van der Waals surface area contributed by atoms with E-state index in [1.54, 1.807) is 6.92 Å². The highest BCUT2D eigenvalue weighted by atomic mass is 32.1. The Bertz CT molecular complexity index is 535. The van der Waals surface area contributed by atoms with Gasteiger partial charge in [-0.15, -0.1) is 24.5 Å². The van der Waals surface area contributed by atoms with E-state index >= 15 is 0 Å². The van der Waals surface area contributed by atoms with Crippen LogP contribution < -0.4 is 10.5 Å². The van der Waals surface area contributed by atoms with Gasteiger partial charge in [0.25, 0.3) is 0 Å². The molecule has 0 saturated carbocycles. The zero-order valence-corrected chi connectivity index (χ0v) is 8.95. The van der Waals surface area contributed by atoms with Crippen molar-refractivity contribution in [1.82, 2.24) is 4.98 Å². The summed E-state index contributed by atoms with van der Waals surface area (Å²) in [5.41, 5.74) is 5.86. The Morgan fingerprint density at radius 1 is 1.38 bits per heavy atom. The lowest BCUT2D eigenvalue weighted by Gasteiger charge is -2.10. The maximum Gasteiger partial charge on any atom is 0.573 e. The lowest BCUT2D eigenvalue weighted by molar-refractivity contribution is -0.274. The van der Waals surface area contributed by atoms with Crippen molar-refractivity contribution >= 4 is 27.2 Å². The highest BCUT2D eigenvalue weighted by Crippen LogP contribution is 2.34. The fourth-order valence-corrected chi connectivity index (χ4v) is 2.16. The van der Waals surface area contributed by atoms with Crippen LogP contribution in [0.1, 0.15) is 5.01 Å². The highest BCUT2D eigenvalue weighted by Gasteiger charge is 2.32. The molecule has 0 atom stereocenters. The van der Waals surface area contributed by atoms with E-state index in [1.165, 1.54) is 23.5 Å². The standard InChI is InChI=1S/C9H7F3N2OS/c1-4-14-6-3-7(15-9(10,11)12)5(13)2-8(6)16-4/h2-3H,13H2,1H3. The molecule has 2 rings (SSSR count). The molecule has 0 bridgehead atoms. The number of aromatic nitrogens is 1. The lowest BCUT2D eigenvalue weighted by atomic mass is 10.3. The molecule has 0 aliphatic carbocycles. The van der Waals surface area contributed by atoms with Gasteiger partial charge in [-0.1, -0.05) is 0 Å². The largest absolute Gasteiger partial charge is 0.573 e. The van der Waals surface area contributed by atoms with Gasteiger partial charge in [0.15, 0.2) is 5.75 Å². The highest BCUT2D eigenvalue weighted by molar-refractivity contribution is 7.18. The van der Waals surface area contributed by atoms with Gasteiger partial charge in [-0.25, -0.2) is 4.98 Å². The predicted molar refractivity (Wildman–Crippen MR) is 55.5 cm³/mol. The minimum atomic E-state index is -4.74. The quantitative estimate of drug-likeness (QED) is 0.789. The molecule has 1 aromatic heterocycles. The summed E-state index contributed by atoms with van der Waals surface area (Å²) < 4.78 is 40.6. The fraction of sp³-hybridized carbons (Fsp3) is 0.222. The molecule has 0 fully saturated rings. The molecular weight excluding hydrogens is 241 g/mol. The van der Waals surface area contributed by atoms with E-state index in [9.17, 15) is 13.2 Å². The maximum atomic E-state index is 12.0. The van der Waals surface area contributed by atoms with Crippen molar-refractivity contribution in [2.75, 3.05) is 5.73 Å². The fourth-order valence-electron chi connectivity index (χ4n) is 1.30. The Morgan fingerprint density at radius 3 is 2.69 bits per heavy atom. The van der Waals surface area contributed by atoms with E-state index in [2.05, 4.69) is 9.72 Å². The lowest BCUT2D eigenvalue weighted by Crippen LogP contribution is -2.17. The van der Waals surface area contributed by atoms with E-state index in [0.29, 0.717) is 5.52 Å². The van der Waals surface area contributed by atoms with Crippen LogP contribution in [-0.2, 0) is 0 Å². The van der Waals surface area contributed by atoms with Gasteiger partial charge in [0.05, 0.1) is 20.9 Å². The molecule has 1 aromatic carbocycles. The number of hydrogen-bond acceptors (Lipinski definition) is 4. The van der Waals surface area contributed by atoms with Crippen molar-refractivity contribution in [2.24, 2.45) is 0 Å². The summed E-state index contributed by atoms with van der Waals surface area (Å²) in [5, 5.41) is 0.763. The van der Waals surface area contributed by atoms with Gasteiger partial charge < -0.3 is 10.5 Å². The number of aryl methyl sites for hydroxylation is 1. The molecule has 7 heteroatoms. The molecule has 0 aliphatic heterocycles. The van der Waals surface area contributed by atoms with Crippen molar-refractivity contribution < 1.29 is 17.9 Å². The Hall–Kier alpha value is -1.50. The van der Waals surface area contributed by atoms with Crippen LogP contribution in [0, 0.1) is 6.92 Å². The van der Waals surface area contributed by atoms with Crippen LogP contribution in [0.5, 0.6) is 5.75 Å². The van der Waals surface area contributed by atoms with Gasteiger partial charge >= 0.3 is 6.36 Å². The molecule has 0 radical (unpaired) electrons. The molecule has 2 aromatic rings. The van der Waals surface area contributed by atoms with Crippen LogP contribution in [-0.4, -0.2) is 11.3 Å². The molecule has 0 spiro atoms. The molecule has 0 aliphatic rings. The van der Waals surface area contributed by atoms with Gasteiger partial charge in [-0.05, 0) is 13.0 Å². The van der Waals surface area contributed by atoms with Crippen LogP contribution in [0.15, 0.2) is 12.1 Å². The number of nitrogens with two attached hydrogens (primary N) is 1. The van der Waals surface area contributed by atoms with Gasteiger partial charge in [0.2, 0.25) is 0 Å². The first-order chi connectivity index (χ1) is 7.35. The van der Waals surface area contributed by atoms with E-state index in [1.807, 2.05) is 0 Å². The van der Waals surface area contributed by atoms with Crippen LogP contribution in [0.4, 0.5) is 18.9 Å². The van der Waals surface area contributed by atoms with Gasteiger partial charge in [0, 0.05) is 6.07 Å². The zero-order chi connectivity index (χ0) is 11.9. The molecule has 1 heterocycles. The number of hydrogen-bond donors (Lipinski definition) is 1. The minimum Gasteiger partial charge on any atom is -0.403 e. The van der Waals surface area contributed by atoms with Gasteiger partial charge in [0.1, 0.15) is 0 Å². The third-order valence-electron chi connectivity index (χ3n) is 1.85. The van der Waals surface area contributed by atoms with Crippen molar-refractivity contribution in [2.45, 2.75) is 13.3 Å². The summed E-state index contributed by atoms with van der Waals surface area (Å²) in [6.07, 6.45) is -4.74. The van der Waals surface area contributed by atoms with Gasteiger partial charge in [-0.2, -0.15) is 0 Å². The molecule has 0 saturated heterocycles. The van der Waals surface area contributed by atoms with Crippen LogP contribution >= 0.6 is 11.3 Å². The summed E-state index contributed by atoms with van der Waals surface area (Å²) >= 11 is 1.37. The number of benzene rings is 1. The molecule has 16 heavy (non-hydrogen) atoms. The Balaban J connectivity index is 2.49. The number of alkyl halides is 3. The predicted octanol–water partition coefficient (Wildman–Crippen LogP) is 3.09. The van der Waals surface area contributed by atoms with Crippen molar-refractivity contribution in [1.29, 1.82) is 0 Å². The Kier molecular flexibility index (Phi) is 2.42. The number of fused-ring (bicyclic) bond motifs is 1. The third kappa shape index (κ3) is 2.19. The molecule has 0 unspecified atom stereocenters. The molecule has 86 valence electrons. The number of nitrogen functional groups attached to an aromatic ring is 1. The Morgan fingerprint density at radius 2 is 2.06 bits per heavy atom. The average Bonchev–Trinajstić information content (AvgIpc) is 2.42. The second-order valence-corrected chi connectivity index (χ2v) is 4.37. The third-order valence-corrected chi connectivity index (χ3v) is 2.79. The maximum absolute atomic E-state index is 12.0. The summed E-state index contributed by atoms with van der Waals surface area (Å²) in [4.78, 5) is 4.06. The van der Waals surface area contributed by atoms with E-state index in [-0.39, 0.29) is 5.69 Å². The summed E-state index contributed by atoms with van der Waals surface area (Å²) in [7, 11) is 0. The van der Waals surface area contributed by atoms with E-state index in [4.69, 9.17) is 5.73 Å². The molecular formula is C9H7F3N2OS. The molecule has 2 N–H and O–H groups in total. The number of rotatable bonds is 1. The second kappa shape index (κ2) is 3.51. The van der Waals surface area contributed by atoms with Crippen LogP contribution in [0.2, 0.25) is 0 Å². The van der Waals surface area contributed by atoms with Crippen LogP contribution in [0.25, 0.3) is 10.2 Å². The zero-order valence-electron chi connectivity index (χ0n) is 8.13. The second-order valence-electron chi connectivity index (χ2n) is 3.14. The number of anilines is 1. The number of thiazole rings is 1. The average molecular weight is 248 g/mol. The van der Waals surface area contributed by atoms with E-state index < -0.39 is 12.1 Å². The number of halogens is 3. The smallest absolute Gasteiger partial charge is 0.403 e. The van der Waals surface area contributed by atoms with Gasteiger partial charge in [-0.3, -0.25) is 0 Å². The molecule has 3 nitrogen and oxygen atoms in total. The minimum absolute atomic E-state index is 0.0477. The van der Waals surface area contributed by atoms with E-state index in [0.717, 1.165) is 9.71 Å². The van der Waals surface area contributed by atoms with Crippen molar-refractivity contribution in [3.05, 3.63) is 17.1 Å². The number of ether oxygens (including phenoxy) is 1. The first-order valence-electron chi connectivity index (χ1n) is 4.27. The normalized spacial score (nSPS) is 12.0. The molecule has 0 amide bonds. The first kappa shape index (κ1) is 11.0. The summed E-state index contributed by atoms with van der Waals surface area (Å²) in [6, 6.07) is 2.63. The topological polar surface area (TPSA) is 48.1 Å². The Labute approximate surface area is 92.7 Å². The monoisotopic (exact) mass is 248 g/mol.